The smallest absolute Gasteiger partial charge is 0.261 e. The van der Waals surface area contributed by atoms with Crippen molar-refractivity contribution >= 4 is 29.5 Å². The lowest BCUT2D eigenvalue weighted by molar-refractivity contribution is -0.137. The summed E-state index contributed by atoms with van der Waals surface area (Å²) in [6.07, 6.45) is 1.30. The fraction of sp³-hybridized carbons (Fsp3) is 0.292. The lowest BCUT2D eigenvalue weighted by Gasteiger charge is -2.23. The molecule has 2 aromatic rings. The van der Waals surface area contributed by atoms with Gasteiger partial charge in [0, 0.05) is 19.2 Å². The molecular weight excluding hydrogens is 424 g/mol. The number of rotatable bonds is 6. The standard InChI is InChI=1S/C24H24N4O5/c1-25-22(31)19-8-5-11-27(19)20(29)13-26-21(30)16-9-10-17-18(12-16)24(33)28(23(17)32)14-15-6-3-2-4-7-15/h2-4,6-7,9-10,12,19H,5,8,11,13-14H2,1H3,(H,25,31)(H,26,30). The number of amides is 5. The van der Waals surface area contributed by atoms with E-state index in [9.17, 15) is 24.0 Å². The van der Waals surface area contributed by atoms with E-state index in [1.165, 1.54) is 30.1 Å². The van der Waals surface area contributed by atoms with E-state index in [0.29, 0.717) is 13.0 Å². The highest BCUT2D eigenvalue weighted by Crippen LogP contribution is 2.26. The maximum atomic E-state index is 12.8. The summed E-state index contributed by atoms with van der Waals surface area (Å²) in [6, 6.07) is 12.9. The van der Waals surface area contributed by atoms with Gasteiger partial charge in [0.15, 0.2) is 0 Å². The average Bonchev–Trinajstić information content (AvgIpc) is 3.42. The number of carbonyl (C=O) groups is 5. The van der Waals surface area contributed by atoms with Gasteiger partial charge in [0.2, 0.25) is 11.8 Å². The zero-order valence-corrected chi connectivity index (χ0v) is 18.2. The molecule has 5 amide bonds. The van der Waals surface area contributed by atoms with E-state index in [4.69, 9.17) is 0 Å². The summed E-state index contributed by atoms with van der Waals surface area (Å²) in [4.78, 5) is 65.2. The maximum Gasteiger partial charge on any atom is 0.261 e. The van der Waals surface area contributed by atoms with Crippen LogP contribution in [0.2, 0.25) is 0 Å². The van der Waals surface area contributed by atoms with Crippen molar-refractivity contribution in [1.82, 2.24) is 20.4 Å². The van der Waals surface area contributed by atoms with Crippen LogP contribution in [0.3, 0.4) is 0 Å². The molecule has 170 valence electrons. The molecule has 0 spiro atoms. The molecule has 2 aliphatic rings. The van der Waals surface area contributed by atoms with E-state index in [1.54, 1.807) is 0 Å². The van der Waals surface area contributed by atoms with Gasteiger partial charge in [-0.3, -0.25) is 28.9 Å². The van der Waals surface area contributed by atoms with Crippen LogP contribution in [0.4, 0.5) is 0 Å². The van der Waals surface area contributed by atoms with E-state index >= 15 is 0 Å². The number of hydrogen-bond donors (Lipinski definition) is 2. The van der Waals surface area contributed by atoms with Gasteiger partial charge in [-0.15, -0.1) is 0 Å². The van der Waals surface area contributed by atoms with Crippen molar-refractivity contribution in [2.75, 3.05) is 20.1 Å². The minimum Gasteiger partial charge on any atom is -0.357 e. The third kappa shape index (κ3) is 4.34. The second-order valence-electron chi connectivity index (χ2n) is 7.98. The number of imide groups is 1. The van der Waals surface area contributed by atoms with Crippen LogP contribution in [0.5, 0.6) is 0 Å². The number of carbonyl (C=O) groups excluding carboxylic acids is 5. The van der Waals surface area contributed by atoms with Crippen molar-refractivity contribution in [3.05, 3.63) is 70.8 Å². The summed E-state index contributed by atoms with van der Waals surface area (Å²) < 4.78 is 0. The molecule has 0 bridgehead atoms. The highest BCUT2D eigenvalue weighted by molar-refractivity contribution is 6.22. The van der Waals surface area contributed by atoms with Gasteiger partial charge < -0.3 is 15.5 Å². The second kappa shape index (κ2) is 9.23. The van der Waals surface area contributed by atoms with Gasteiger partial charge in [-0.1, -0.05) is 30.3 Å². The average molecular weight is 448 g/mol. The van der Waals surface area contributed by atoms with Crippen LogP contribution in [0.25, 0.3) is 0 Å². The highest BCUT2D eigenvalue weighted by atomic mass is 16.2. The van der Waals surface area contributed by atoms with Gasteiger partial charge >= 0.3 is 0 Å². The van der Waals surface area contributed by atoms with Crippen LogP contribution in [0.1, 0.15) is 49.5 Å². The van der Waals surface area contributed by atoms with Crippen LogP contribution in [-0.2, 0) is 16.1 Å². The predicted octanol–water partition coefficient (Wildman–Crippen LogP) is 0.950. The topological polar surface area (TPSA) is 116 Å². The molecule has 0 aliphatic carbocycles. The van der Waals surface area contributed by atoms with Gasteiger partial charge in [0.05, 0.1) is 24.2 Å². The SMILES string of the molecule is CNC(=O)C1CCCN1C(=O)CNC(=O)c1ccc2c(c1)C(=O)N(Cc1ccccc1)C2=O. The molecule has 1 saturated heterocycles. The molecule has 0 radical (unpaired) electrons. The normalized spacial score (nSPS) is 17.2. The zero-order valence-electron chi connectivity index (χ0n) is 18.2. The Labute approximate surface area is 190 Å². The quantitative estimate of drug-likeness (QED) is 0.639. The summed E-state index contributed by atoms with van der Waals surface area (Å²) in [7, 11) is 1.52. The van der Waals surface area contributed by atoms with Gasteiger partial charge in [0.25, 0.3) is 17.7 Å². The number of benzene rings is 2. The molecular formula is C24H24N4O5. The molecule has 1 fully saturated rings. The summed E-state index contributed by atoms with van der Waals surface area (Å²) in [5.74, 6) is -1.99. The van der Waals surface area contributed by atoms with Crippen LogP contribution in [-0.4, -0.2) is 65.5 Å². The van der Waals surface area contributed by atoms with Gasteiger partial charge in [-0.25, -0.2) is 0 Å². The highest BCUT2D eigenvalue weighted by Gasteiger charge is 2.36. The first-order valence-corrected chi connectivity index (χ1v) is 10.7. The first-order chi connectivity index (χ1) is 15.9. The van der Waals surface area contributed by atoms with Crippen LogP contribution in [0, 0.1) is 0 Å². The molecule has 1 unspecified atom stereocenters. The van der Waals surface area contributed by atoms with E-state index in [-0.39, 0.29) is 41.6 Å². The zero-order chi connectivity index (χ0) is 23.5. The third-order valence-corrected chi connectivity index (χ3v) is 5.94. The number of nitrogens with one attached hydrogen (secondary N) is 2. The first-order valence-electron chi connectivity index (χ1n) is 10.7. The van der Waals surface area contributed by atoms with E-state index in [2.05, 4.69) is 10.6 Å². The molecule has 33 heavy (non-hydrogen) atoms. The molecule has 0 saturated carbocycles. The maximum absolute atomic E-state index is 12.8. The Morgan fingerprint density at radius 2 is 1.73 bits per heavy atom. The van der Waals surface area contributed by atoms with E-state index < -0.39 is 23.8 Å². The van der Waals surface area contributed by atoms with Crippen LogP contribution < -0.4 is 10.6 Å². The Morgan fingerprint density at radius 1 is 1.00 bits per heavy atom. The number of hydrogen-bond acceptors (Lipinski definition) is 5. The fourth-order valence-electron chi connectivity index (χ4n) is 4.21. The predicted molar refractivity (Wildman–Crippen MR) is 118 cm³/mol. The number of likely N-dealkylation sites (tertiary alicyclic amines) is 1. The number of nitrogens with zero attached hydrogens (tertiary/aromatic N) is 2. The third-order valence-electron chi connectivity index (χ3n) is 5.94. The van der Waals surface area contributed by atoms with E-state index in [1.807, 2.05) is 30.3 Å². The molecule has 2 aromatic carbocycles. The summed E-state index contributed by atoms with van der Waals surface area (Å²) >= 11 is 0. The van der Waals surface area contributed by atoms with Crippen molar-refractivity contribution in [3.63, 3.8) is 0 Å². The van der Waals surface area contributed by atoms with Crippen LogP contribution in [0.15, 0.2) is 48.5 Å². The second-order valence-corrected chi connectivity index (χ2v) is 7.98. The van der Waals surface area contributed by atoms with Crippen molar-refractivity contribution in [3.8, 4) is 0 Å². The molecule has 2 N–H and O–H groups in total. The Balaban J connectivity index is 1.42. The monoisotopic (exact) mass is 448 g/mol. The number of likely N-dealkylation sites (N-methyl/N-ethyl adjacent to an activating group) is 1. The lowest BCUT2D eigenvalue weighted by Crippen LogP contribution is -2.48. The van der Waals surface area contributed by atoms with Crippen molar-refractivity contribution in [1.29, 1.82) is 0 Å². The Kier molecular flexibility index (Phi) is 6.21. The first kappa shape index (κ1) is 22.2. The Morgan fingerprint density at radius 3 is 2.45 bits per heavy atom. The summed E-state index contributed by atoms with van der Waals surface area (Å²) in [5.41, 5.74) is 1.40. The molecule has 9 heteroatoms. The largest absolute Gasteiger partial charge is 0.357 e. The molecule has 2 aliphatic heterocycles. The summed E-state index contributed by atoms with van der Waals surface area (Å²) in [6.45, 7) is 0.335. The van der Waals surface area contributed by atoms with Crippen molar-refractivity contribution in [2.45, 2.75) is 25.4 Å². The van der Waals surface area contributed by atoms with Gasteiger partial charge in [0.1, 0.15) is 6.04 Å². The molecule has 9 nitrogen and oxygen atoms in total. The summed E-state index contributed by atoms with van der Waals surface area (Å²) in [5, 5.41) is 5.10. The number of fused-ring (bicyclic) bond motifs is 1. The van der Waals surface area contributed by atoms with Gasteiger partial charge in [-0.05, 0) is 36.6 Å². The van der Waals surface area contributed by atoms with Crippen molar-refractivity contribution in [2.24, 2.45) is 0 Å². The van der Waals surface area contributed by atoms with Crippen LogP contribution >= 0.6 is 0 Å². The lowest BCUT2D eigenvalue weighted by atomic mass is 10.1. The minimum atomic E-state index is -0.538. The molecule has 4 rings (SSSR count). The Hall–Kier alpha value is -4.01. The minimum absolute atomic E-state index is 0.144. The molecule has 1 atom stereocenters. The molecule has 2 heterocycles. The van der Waals surface area contributed by atoms with Crippen molar-refractivity contribution < 1.29 is 24.0 Å². The van der Waals surface area contributed by atoms with E-state index in [0.717, 1.165) is 16.9 Å². The fourth-order valence-corrected chi connectivity index (χ4v) is 4.21. The molecule has 0 aromatic heterocycles. The Bertz CT molecular complexity index is 1130. The van der Waals surface area contributed by atoms with Gasteiger partial charge in [-0.2, -0.15) is 0 Å².